The van der Waals surface area contributed by atoms with Crippen LogP contribution in [0.15, 0.2) is 0 Å². The van der Waals surface area contributed by atoms with Gasteiger partial charge in [0.05, 0.1) is 12.0 Å². The van der Waals surface area contributed by atoms with Crippen LogP contribution in [0.3, 0.4) is 0 Å². The number of carbonyl (C=O) groups is 2. The molecule has 1 fully saturated rings. The third kappa shape index (κ3) is 3.58. The van der Waals surface area contributed by atoms with Crippen LogP contribution in [0.5, 0.6) is 0 Å². The van der Waals surface area contributed by atoms with Crippen molar-refractivity contribution < 1.29 is 19.4 Å². The number of rotatable bonds is 6. The van der Waals surface area contributed by atoms with E-state index < -0.39 is 12.0 Å². The molecule has 2 unspecified atom stereocenters. The molecule has 1 aliphatic heterocycles. The van der Waals surface area contributed by atoms with Gasteiger partial charge in [0.2, 0.25) is 5.91 Å². The molecule has 7 heteroatoms. The highest BCUT2D eigenvalue weighted by Crippen LogP contribution is 2.31. The standard InChI is InChI=1S/C10H18N2O4S/c1-2-9-12(7(6-17-9)10(14)15)8(13)5-16-4-3-11/h7,9H,2-6,11H2,1H3,(H,14,15). The minimum atomic E-state index is -0.958. The molecule has 1 amide bonds. The topological polar surface area (TPSA) is 92.9 Å². The zero-order chi connectivity index (χ0) is 12.8. The van der Waals surface area contributed by atoms with E-state index in [0.29, 0.717) is 18.9 Å². The first-order chi connectivity index (χ1) is 8.11. The fourth-order valence-electron chi connectivity index (χ4n) is 1.72. The Hall–Kier alpha value is -0.790. The van der Waals surface area contributed by atoms with E-state index >= 15 is 0 Å². The highest BCUT2D eigenvalue weighted by molar-refractivity contribution is 8.00. The van der Waals surface area contributed by atoms with Crippen LogP contribution in [-0.4, -0.2) is 58.8 Å². The molecule has 0 aromatic carbocycles. The van der Waals surface area contributed by atoms with Crippen LogP contribution in [0.1, 0.15) is 13.3 Å². The number of amides is 1. The predicted molar refractivity (Wildman–Crippen MR) is 64.7 cm³/mol. The molecule has 0 aromatic heterocycles. The lowest BCUT2D eigenvalue weighted by Crippen LogP contribution is -2.47. The number of aliphatic carboxylic acids is 1. The van der Waals surface area contributed by atoms with Gasteiger partial charge in [-0.15, -0.1) is 11.8 Å². The largest absolute Gasteiger partial charge is 0.480 e. The quantitative estimate of drug-likeness (QED) is 0.640. The molecule has 1 rings (SSSR count). The van der Waals surface area contributed by atoms with Crippen molar-refractivity contribution in [3.8, 4) is 0 Å². The molecule has 1 heterocycles. The summed E-state index contributed by atoms with van der Waals surface area (Å²) in [6, 6.07) is -0.737. The van der Waals surface area contributed by atoms with Crippen LogP contribution in [0.25, 0.3) is 0 Å². The highest BCUT2D eigenvalue weighted by atomic mass is 32.2. The Balaban J connectivity index is 2.61. The van der Waals surface area contributed by atoms with Gasteiger partial charge < -0.3 is 20.5 Å². The van der Waals surface area contributed by atoms with Crippen LogP contribution < -0.4 is 5.73 Å². The molecule has 98 valence electrons. The van der Waals surface area contributed by atoms with Crippen molar-refractivity contribution in [2.24, 2.45) is 5.73 Å². The number of thioether (sulfide) groups is 1. The first kappa shape index (κ1) is 14.3. The van der Waals surface area contributed by atoms with E-state index in [-0.39, 0.29) is 17.9 Å². The molecule has 0 radical (unpaired) electrons. The Kier molecular flexibility index (Phi) is 5.73. The van der Waals surface area contributed by atoms with Crippen molar-refractivity contribution in [1.82, 2.24) is 4.90 Å². The normalized spacial score (nSPS) is 24.0. The van der Waals surface area contributed by atoms with Crippen LogP contribution in [-0.2, 0) is 14.3 Å². The maximum atomic E-state index is 11.9. The zero-order valence-electron chi connectivity index (χ0n) is 9.80. The van der Waals surface area contributed by atoms with Gasteiger partial charge in [-0.1, -0.05) is 6.92 Å². The van der Waals surface area contributed by atoms with Gasteiger partial charge in [0.1, 0.15) is 12.6 Å². The molecule has 1 saturated heterocycles. The molecular weight excluding hydrogens is 244 g/mol. The number of carbonyl (C=O) groups excluding carboxylic acids is 1. The molecular formula is C10H18N2O4S. The molecule has 3 N–H and O–H groups in total. The van der Waals surface area contributed by atoms with E-state index in [9.17, 15) is 9.59 Å². The first-order valence-corrected chi connectivity index (χ1v) is 6.60. The minimum Gasteiger partial charge on any atom is -0.480 e. The number of hydrogen-bond donors (Lipinski definition) is 2. The molecule has 1 aliphatic rings. The summed E-state index contributed by atoms with van der Waals surface area (Å²) < 4.78 is 5.06. The second-order valence-electron chi connectivity index (χ2n) is 3.69. The number of nitrogens with two attached hydrogens (primary N) is 1. The lowest BCUT2D eigenvalue weighted by atomic mass is 10.2. The number of hydrogen-bond acceptors (Lipinski definition) is 5. The second kappa shape index (κ2) is 6.83. The van der Waals surface area contributed by atoms with Crippen molar-refractivity contribution in [3.05, 3.63) is 0 Å². The third-order valence-corrected chi connectivity index (χ3v) is 3.96. The van der Waals surface area contributed by atoms with Crippen LogP contribution in [0.2, 0.25) is 0 Å². The Labute approximate surface area is 104 Å². The van der Waals surface area contributed by atoms with Crippen LogP contribution in [0, 0.1) is 0 Å². The molecule has 0 spiro atoms. The molecule has 0 bridgehead atoms. The number of nitrogens with zero attached hydrogens (tertiary/aromatic N) is 1. The molecule has 0 saturated carbocycles. The maximum Gasteiger partial charge on any atom is 0.327 e. The summed E-state index contributed by atoms with van der Waals surface area (Å²) >= 11 is 1.50. The lowest BCUT2D eigenvalue weighted by Gasteiger charge is -2.26. The van der Waals surface area contributed by atoms with E-state index in [2.05, 4.69) is 0 Å². The summed E-state index contributed by atoms with van der Waals surface area (Å²) in [4.78, 5) is 24.3. The van der Waals surface area contributed by atoms with Crippen molar-refractivity contribution in [2.75, 3.05) is 25.5 Å². The van der Waals surface area contributed by atoms with E-state index in [4.69, 9.17) is 15.6 Å². The average Bonchev–Trinajstić information content (AvgIpc) is 2.72. The second-order valence-corrected chi connectivity index (χ2v) is 4.90. The van der Waals surface area contributed by atoms with Crippen LogP contribution >= 0.6 is 11.8 Å². The monoisotopic (exact) mass is 262 g/mol. The number of carboxylic acids is 1. The summed E-state index contributed by atoms with van der Waals surface area (Å²) in [5.41, 5.74) is 5.25. The summed E-state index contributed by atoms with van der Waals surface area (Å²) in [7, 11) is 0. The van der Waals surface area contributed by atoms with Gasteiger partial charge in [-0.2, -0.15) is 0 Å². The summed E-state index contributed by atoms with van der Waals surface area (Å²) in [5.74, 6) is -0.792. The molecule has 0 aromatic rings. The van der Waals surface area contributed by atoms with Crippen LogP contribution in [0.4, 0.5) is 0 Å². The van der Waals surface area contributed by atoms with E-state index in [0.717, 1.165) is 6.42 Å². The average molecular weight is 262 g/mol. The van der Waals surface area contributed by atoms with E-state index in [1.165, 1.54) is 16.7 Å². The van der Waals surface area contributed by atoms with Crippen molar-refractivity contribution >= 4 is 23.6 Å². The van der Waals surface area contributed by atoms with Gasteiger partial charge in [0, 0.05) is 12.3 Å². The van der Waals surface area contributed by atoms with E-state index in [1.54, 1.807) is 0 Å². The highest BCUT2D eigenvalue weighted by Gasteiger charge is 2.40. The fourth-order valence-corrected chi connectivity index (χ4v) is 3.09. The SMILES string of the molecule is CCC1SCC(C(=O)O)N1C(=O)COCCN. The lowest BCUT2D eigenvalue weighted by molar-refractivity contribution is -0.151. The van der Waals surface area contributed by atoms with Gasteiger partial charge in [0.25, 0.3) is 0 Å². The number of carboxylic acid groups (broad SMARTS) is 1. The number of ether oxygens (including phenoxy) is 1. The Bertz CT molecular complexity index is 287. The van der Waals surface area contributed by atoms with Crippen molar-refractivity contribution in [3.63, 3.8) is 0 Å². The van der Waals surface area contributed by atoms with E-state index in [1.807, 2.05) is 6.92 Å². The third-order valence-electron chi connectivity index (χ3n) is 2.50. The Morgan fingerprint density at radius 3 is 2.82 bits per heavy atom. The molecule has 6 nitrogen and oxygen atoms in total. The predicted octanol–water partition coefficient (Wildman–Crippen LogP) is -0.274. The van der Waals surface area contributed by atoms with Gasteiger partial charge in [0.15, 0.2) is 0 Å². The fraction of sp³-hybridized carbons (Fsp3) is 0.800. The Morgan fingerprint density at radius 2 is 2.29 bits per heavy atom. The summed E-state index contributed by atoms with van der Waals surface area (Å²) in [6.45, 7) is 2.49. The summed E-state index contributed by atoms with van der Waals surface area (Å²) in [6.07, 6.45) is 0.733. The minimum absolute atomic E-state index is 0.0647. The molecule has 17 heavy (non-hydrogen) atoms. The van der Waals surface area contributed by atoms with Gasteiger partial charge in [-0.25, -0.2) is 4.79 Å². The Morgan fingerprint density at radius 1 is 1.59 bits per heavy atom. The summed E-state index contributed by atoms with van der Waals surface area (Å²) in [5, 5.41) is 8.98. The molecule has 2 atom stereocenters. The maximum absolute atomic E-state index is 11.9. The first-order valence-electron chi connectivity index (χ1n) is 5.55. The zero-order valence-corrected chi connectivity index (χ0v) is 10.6. The smallest absolute Gasteiger partial charge is 0.327 e. The molecule has 0 aliphatic carbocycles. The van der Waals surface area contributed by atoms with Crippen molar-refractivity contribution in [2.45, 2.75) is 24.8 Å². The van der Waals surface area contributed by atoms with Gasteiger partial charge >= 0.3 is 5.97 Å². The van der Waals surface area contributed by atoms with Gasteiger partial charge in [-0.3, -0.25) is 4.79 Å². The van der Waals surface area contributed by atoms with Crippen molar-refractivity contribution in [1.29, 1.82) is 0 Å². The van der Waals surface area contributed by atoms with Gasteiger partial charge in [-0.05, 0) is 6.42 Å².